The first-order valence-corrected chi connectivity index (χ1v) is 7.47. The molecular formula is C14H12BrF3N4O2. The molecule has 0 atom stereocenters. The molecule has 2 amide bonds. The van der Waals surface area contributed by atoms with Crippen LogP contribution in [-0.2, 0) is 22.3 Å². The lowest BCUT2D eigenvalue weighted by atomic mass is 10.3. The van der Waals surface area contributed by atoms with Crippen LogP contribution in [-0.4, -0.2) is 28.1 Å². The fourth-order valence-electron chi connectivity index (χ4n) is 1.74. The number of benzene rings is 1. The third-order valence-electron chi connectivity index (χ3n) is 2.83. The van der Waals surface area contributed by atoms with Gasteiger partial charge in [-0.2, -0.15) is 18.3 Å². The standard InChI is InChI=1S/C14H12BrF3N4O2/c15-9-3-1-2-4-10(9)20-12(23)7-19-13(24)8-22-6-5-11(21-22)14(16,17)18/h1-6H,7-8H2,(H,19,24)(H,20,23). The first-order valence-electron chi connectivity index (χ1n) is 6.67. The van der Waals surface area contributed by atoms with Gasteiger partial charge in [0, 0.05) is 10.7 Å². The highest BCUT2D eigenvalue weighted by Crippen LogP contribution is 2.27. The summed E-state index contributed by atoms with van der Waals surface area (Å²) in [5.74, 6) is -1.10. The number of anilines is 1. The molecule has 1 aromatic heterocycles. The summed E-state index contributed by atoms with van der Waals surface area (Å²) in [6.07, 6.45) is -3.52. The van der Waals surface area contributed by atoms with Crippen molar-refractivity contribution in [3.63, 3.8) is 0 Å². The second-order valence-corrected chi connectivity index (χ2v) is 5.56. The van der Waals surface area contributed by atoms with Crippen molar-refractivity contribution >= 4 is 33.4 Å². The number of hydrogen-bond acceptors (Lipinski definition) is 3. The molecule has 0 saturated heterocycles. The van der Waals surface area contributed by atoms with Gasteiger partial charge in [0.25, 0.3) is 0 Å². The first-order chi connectivity index (χ1) is 11.3. The zero-order valence-corrected chi connectivity index (χ0v) is 13.7. The molecule has 0 aliphatic heterocycles. The fourth-order valence-corrected chi connectivity index (χ4v) is 2.12. The Kier molecular flexibility index (Phi) is 5.60. The number of nitrogens with one attached hydrogen (secondary N) is 2. The van der Waals surface area contributed by atoms with Crippen LogP contribution in [0.5, 0.6) is 0 Å². The van der Waals surface area contributed by atoms with E-state index >= 15 is 0 Å². The van der Waals surface area contributed by atoms with E-state index in [1.807, 2.05) is 0 Å². The van der Waals surface area contributed by atoms with Crippen LogP contribution in [0.2, 0.25) is 0 Å². The van der Waals surface area contributed by atoms with E-state index < -0.39 is 30.2 Å². The maximum Gasteiger partial charge on any atom is 0.435 e. The fraction of sp³-hybridized carbons (Fsp3) is 0.214. The summed E-state index contributed by atoms with van der Waals surface area (Å²) in [6.45, 7) is -0.730. The highest BCUT2D eigenvalue weighted by Gasteiger charge is 2.33. The highest BCUT2D eigenvalue weighted by atomic mass is 79.9. The average molecular weight is 405 g/mol. The van der Waals surface area contributed by atoms with Crippen LogP contribution in [0.3, 0.4) is 0 Å². The molecule has 0 unspecified atom stereocenters. The number of rotatable bonds is 5. The summed E-state index contributed by atoms with van der Waals surface area (Å²) in [7, 11) is 0. The Hall–Kier alpha value is -2.36. The minimum atomic E-state index is -4.56. The Bertz CT molecular complexity index is 746. The molecule has 1 heterocycles. The van der Waals surface area contributed by atoms with Gasteiger partial charge in [-0.1, -0.05) is 12.1 Å². The van der Waals surface area contributed by atoms with Crippen LogP contribution >= 0.6 is 15.9 Å². The molecule has 2 rings (SSSR count). The number of nitrogens with zero attached hydrogens (tertiary/aromatic N) is 2. The number of halogens is 4. The van der Waals surface area contributed by atoms with Gasteiger partial charge in [0.2, 0.25) is 11.8 Å². The van der Waals surface area contributed by atoms with Gasteiger partial charge in [0.05, 0.1) is 12.2 Å². The zero-order chi connectivity index (χ0) is 17.7. The van der Waals surface area contributed by atoms with Crippen molar-refractivity contribution in [1.29, 1.82) is 0 Å². The second-order valence-electron chi connectivity index (χ2n) is 4.70. The van der Waals surface area contributed by atoms with Gasteiger partial charge in [-0.15, -0.1) is 0 Å². The Balaban J connectivity index is 1.82. The molecule has 0 aliphatic carbocycles. The minimum Gasteiger partial charge on any atom is -0.345 e. The van der Waals surface area contributed by atoms with E-state index in [1.165, 1.54) is 0 Å². The van der Waals surface area contributed by atoms with Crippen molar-refractivity contribution in [2.24, 2.45) is 0 Å². The maximum atomic E-state index is 12.4. The molecule has 0 aliphatic rings. The molecule has 128 valence electrons. The molecule has 0 fully saturated rings. The van der Waals surface area contributed by atoms with E-state index in [2.05, 4.69) is 31.7 Å². The first kappa shape index (κ1) is 18.0. The van der Waals surface area contributed by atoms with E-state index in [9.17, 15) is 22.8 Å². The molecule has 10 heteroatoms. The summed E-state index contributed by atoms with van der Waals surface area (Å²) in [4.78, 5) is 23.4. The molecule has 0 radical (unpaired) electrons. The molecule has 1 aromatic carbocycles. The highest BCUT2D eigenvalue weighted by molar-refractivity contribution is 9.10. The summed E-state index contributed by atoms with van der Waals surface area (Å²) < 4.78 is 38.7. The molecule has 0 saturated carbocycles. The third kappa shape index (κ3) is 5.08. The zero-order valence-electron chi connectivity index (χ0n) is 12.1. The van der Waals surface area contributed by atoms with Crippen molar-refractivity contribution in [2.45, 2.75) is 12.7 Å². The number of amides is 2. The topological polar surface area (TPSA) is 76.0 Å². The number of hydrogen-bond donors (Lipinski definition) is 2. The third-order valence-corrected chi connectivity index (χ3v) is 3.52. The molecule has 0 bridgehead atoms. The quantitative estimate of drug-likeness (QED) is 0.803. The van der Waals surface area contributed by atoms with Crippen LogP contribution in [0.25, 0.3) is 0 Å². The normalized spacial score (nSPS) is 11.2. The SMILES string of the molecule is O=C(Cn1ccc(C(F)(F)F)n1)NCC(=O)Nc1ccccc1Br. The lowest BCUT2D eigenvalue weighted by Gasteiger charge is -2.08. The summed E-state index contributed by atoms with van der Waals surface area (Å²) in [5, 5.41) is 8.14. The van der Waals surface area contributed by atoms with Crippen molar-refractivity contribution < 1.29 is 22.8 Å². The number of carbonyl (C=O) groups is 2. The summed E-state index contributed by atoms with van der Waals surface area (Å²) in [5.41, 5.74) is -0.541. The molecule has 2 N–H and O–H groups in total. The van der Waals surface area contributed by atoms with Gasteiger partial charge < -0.3 is 10.6 Å². The predicted molar refractivity (Wildman–Crippen MR) is 83.0 cm³/mol. The van der Waals surface area contributed by atoms with Crippen LogP contribution < -0.4 is 10.6 Å². The molecule has 2 aromatic rings. The van der Waals surface area contributed by atoms with Crippen LogP contribution in [0.15, 0.2) is 41.0 Å². The van der Waals surface area contributed by atoms with Gasteiger partial charge in [-0.05, 0) is 34.1 Å². The number of carbonyl (C=O) groups excluding carboxylic acids is 2. The van der Waals surface area contributed by atoms with Crippen molar-refractivity contribution in [3.8, 4) is 0 Å². The number of para-hydroxylation sites is 1. The lowest BCUT2D eigenvalue weighted by molar-refractivity contribution is -0.141. The summed E-state index contributed by atoms with van der Waals surface area (Å²) >= 11 is 3.26. The Morgan fingerprint density at radius 2 is 1.88 bits per heavy atom. The van der Waals surface area contributed by atoms with Gasteiger partial charge >= 0.3 is 6.18 Å². The van der Waals surface area contributed by atoms with Crippen LogP contribution in [0.4, 0.5) is 18.9 Å². The Morgan fingerprint density at radius 1 is 1.17 bits per heavy atom. The van der Waals surface area contributed by atoms with E-state index in [4.69, 9.17) is 0 Å². The van der Waals surface area contributed by atoms with Crippen LogP contribution in [0, 0.1) is 0 Å². The van der Waals surface area contributed by atoms with E-state index in [0.29, 0.717) is 10.2 Å². The largest absolute Gasteiger partial charge is 0.435 e. The van der Waals surface area contributed by atoms with Crippen molar-refractivity contribution in [3.05, 3.63) is 46.7 Å². The second kappa shape index (κ2) is 7.47. The molecule has 0 spiro atoms. The van der Waals surface area contributed by atoms with Crippen molar-refractivity contribution in [1.82, 2.24) is 15.1 Å². The maximum absolute atomic E-state index is 12.4. The van der Waals surface area contributed by atoms with Gasteiger partial charge in [-0.25, -0.2) is 0 Å². The molecular weight excluding hydrogens is 393 g/mol. The van der Waals surface area contributed by atoms with E-state index in [0.717, 1.165) is 16.9 Å². The van der Waals surface area contributed by atoms with Gasteiger partial charge in [0.15, 0.2) is 5.69 Å². The van der Waals surface area contributed by atoms with Gasteiger partial charge in [-0.3, -0.25) is 14.3 Å². The van der Waals surface area contributed by atoms with E-state index in [1.54, 1.807) is 24.3 Å². The number of alkyl halides is 3. The summed E-state index contributed by atoms with van der Waals surface area (Å²) in [6, 6.07) is 7.69. The van der Waals surface area contributed by atoms with Crippen LogP contribution in [0.1, 0.15) is 5.69 Å². The predicted octanol–water partition coefficient (Wildman–Crippen LogP) is 2.42. The molecule has 6 nitrogen and oxygen atoms in total. The minimum absolute atomic E-state index is 0.312. The molecule has 24 heavy (non-hydrogen) atoms. The average Bonchev–Trinajstić information content (AvgIpc) is 2.96. The Morgan fingerprint density at radius 3 is 2.50 bits per heavy atom. The lowest BCUT2D eigenvalue weighted by Crippen LogP contribution is -2.35. The number of aromatic nitrogens is 2. The van der Waals surface area contributed by atoms with E-state index in [-0.39, 0.29) is 6.54 Å². The smallest absolute Gasteiger partial charge is 0.345 e. The monoisotopic (exact) mass is 404 g/mol. The van der Waals surface area contributed by atoms with Gasteiger partial charge in [0.1, 0.15) is 6.54 Å². The Labute approximate surface area is 143 Å². The van der Waals surface area contributed by atoms with Crippen molar-refractivity contribution in [2.75, 3.05) is 11.9 Å².